The SMILES string of the molecule is CC(NCC1CCc2ccc(N(C)S(=O)(=O)c3ccc(Cl)s3)cc2O1)c1ccccc1. The van der Waals surface area contributed by atoms with E-state index in [0.29, 0.717) is 10.0 Å². The summed E-state index contributed by atoms with van der Waals surface area (Å²) in [6, 6.07) is 19.3. The second-order valence-corrected chi connectivity index (χ2v) is 11.6. The molecule has 1 aliphatic heterocycles. The van der Waals surface area contributed by atoms with Crippen LogP contribution >= 0.6 is 22.9 Å². The van der Waals surface area contributed by atoms with Gasteiger partial charge in [-0.2, -0.15) is 0 Å². The van der Waals surface area contributed by atoms with Crippen molar-refractivity contribution in [3.8, 4) is 5.75 Å². The first-order valence-corrected chi connectivity index (χ1v) is 12.8. The molecule has 2 atom stereocenters. The van der Waals surface area contributed by atoms with Gasteiger partial charge < -0.3 is 10.1 Å². The maximum absolute atomic E-state index is 12.9. The van der Waals surface area contributed by atoms with Crippen LogP contribution in [0, 0.1) is 0 Å². The second-order valence-electron chi connectivity index (χ2n) is 7.64. The van der Waals surface area contributed by atoms with E-state index in [9.17, 15) is 8.42 Å². The number of halogens is 1. The summed E-state index contributed by atoms with van der Waals surface area (Å²) in [7, 11) is -2.11. The molecule has 2 heterocycles. The van der Waals surface area contributed by atoms with Crippen LogP contribution in [-0.2, 0) is 16.4 Å². The summed E-state index contributed by atoms with van der Waals surface area (Å²) in [5, 5.41) is 3.54. The lowest BCUT2D eigenvalue weighted by molar-refractivity contribution is 0.167. The number of thiophene rings is 1. The molecule has 0 fully saturated rings. The van der Waals surface area contributed by atoms with E-state index < -0.39 is 10.0 Å². The number of ether oxygens (including phenoxy) is 1. The Hall–Kier alpha value is -2.06. The van der Waals surface area contributed by atoms with E-state index in [4.69, 9.17) is 16.3 Å². The lowest BCUT2D eigenvalue weighted by Crippen LogP contribution is -2.35. The van der Waals surface area contributed by atoms with E-state index in [2.05, 4.69) is 24.4 Å². The smallest absolute Gasteiger partial charge is 0.273 e. The first kappa shape index (κ1) is 22.1. The van der Waals surface area contributed by atoms with Gasteiger partial charge in [-0.05, 0) is 49.1 Å². The molecular formula is C23H25ClN2O3S2. The summed E-state index contributed by atoms with van der Waals surface area (Å²) in [5.41, 5.74) is 2.90. The summed E-state index contributed by atoms with van der Waals surface area (Å²) in [5.74, 6) is 0.745. The topological polar surface area (TPSA) is 58.6 Å². The van der Waals surface area contributed by atoms with Gasteiger partial charge in [0.1, 0.15) is 16.1 Å². The molecule has 0 aliphatic carbocycles. The lowest BCUT2D eigenvalue weighted by atomic mass is 10.0. The van der Waals surface area contributed by atoms with Gasteiger partial charge in [0, 0.05) is 25.7 Å². The van der Waals surface area contributed by atoms with Crippen molar-refractivity contribution in [3.05, 3.63) is 76.1 Å². The van der Waals surface area contributed by atoms with Crippen molar-refractivity contribution in [2.75, 3.05) is 17.9 Å². The standard InChI is InChI=1S/C23H25ClN2O3S2/c1-16(17-6-4-3-5-7-17)25-15-20-11-9-18-8-10-19(14-21(18)29-20)26(2)31(27,28)23-13-12-22(24)30-23/h3-8,10,12-14,16,20,25H,9,11,15H2,1-2H3. The predicted octanol–water partition coefficient (Wildman–Crippen LogP) is 5.27. The second kappa shape index (κ2) is 9.20. The molecule has 1 aromatic heterocycles. The Balaban J connectivity index is 1.45. The number of anilines is 1. The molecule has 0 amide bonds. The third kappa shape index (κ3) is 4.90. The van der Waals surface area contributed by atoms with Crippen molar-refractivity contribution in [2.45, 2.75) is 36.1 Å². The molecule has 0 radical (unpaired) electrons. The van der Waals surface area contributed by atoms with E-state index >= 15 is 0 Å². The van der Waals surface area contributed by atoms with Crippen molar-refractivity contribution >= 4 is 38.6 Å². The fourth-order valence-corrected chi connectivity index (χ4v) is 6.47. The van der Waals surface area contributed by atoms with Crippen LogP contribution in [-0.4, -0.2) is 28.1 Å². The van der Waals surface area contributed by atoms with Crippen LogP contribution in [0.4, 0.5) is 5.69 Å². The minimum absolute atomic E-state index is 0.0342. The van der Waals surface area contributed by atoms with E-state index in [0.717, 1.165) is 42.0 Å². The number of fused-ring (bicyclic) bond motifs is 1. The largest absolute Gasteiger partial charge is 0.489 e. The molecule has 0 bridgehead atoms. The number of hydrogen-bond acceptors (Lipinski definition) is 5. The van der Waals surface area contributed by atoms with Crippen molar-refractivity contribution in [2.24, 2.45) is 0 Å². The van der Waals surface area contributed by atoms with Gasteiger partial charge in [-0.1, -0.05) is 48.0 Å². The van der Waals surface area contributed by atoms with Crippen molar-refractivity contribution in [1.82, 2.24) is 5.32 Å². The Labute approximate surface area is 192 Å². The van der Waals surface area contributed by atoms with Crippen LogP contribution in [0.25, 0.3) is 0 Å². The highest BCUT2D eigenvalue weighted by Crippen LogP contribution is 2.35. The molecular weight excluding hydrogens is 452 g/mol. The quantitative estimate of drug-likeness (QED) is 0.504. The monoisotopic (exact) mass is 476 g/mol. The van der Waals surface area contributed by atoms with Crippen LogP contribution in [0.15, 0.2) is 64.9 Å². The van der Waals surface area contributed by atoms with Crippen LogP contribution in [0.2, 0.25) is 4.34 Å². The first-order chi connectivity index (χ1) is 14.8. The van der Waals surface area contributed by atoms with Crippen LogP contribution in [0.5, 0.6) is 5.75 Å². The zero-order chi connectivity index (χ0) is 22.0. The molecule has 0 saturated carbocycles. The minimum atomic E-state index is -3.66. The van der Waals surface area contributed by atoms with Gasteiger partial charge in [0.25, 0.3) is 10.0 Å². The molecule has 1 aliphatic rings. The van der Waals surface area contributed by atoms with E-state index in [1.54, 1.807) is 13.1 Å². The number of aryl methyl sites for hydroxylation is 1. The third-order valence-electron chi connectivity index (χ3n) is 5.56. The Morgan fingerprint density at radius 3 is 2.68 bits per heavy atom. The number of benzene rings is 2. The summed E-state index contributed by atoms with van der Waals surface area (Å²) < 4.78 is 34.0. The molecule has 3 aromatic rings. The third-order valence-corrected chi connectivity index (χ3v) is 9.04. The molecule has 5 nitrogen and oxygen atoms in total. The Kier molecular flexibility index (Phi) is 6.57. The van der Waals surface area contributed by atoms with Gasteiger partial charge in [-0.3, -0.25) is 4.31 Å². The Morgan fingerprint density at radius 1 is 1.19 bits per heavy atom. The number of rotatable bonds is 7. The molecule has 31 heavy (non-hydrogen) atoms. The van der Waals surface area contributed by atoms with E-state index in [-0.39, 0.29) is 16.4 Å². The zero-order valence-electron chi connectivity index (χ0n) is 17.4. The number of sulfonamides is 1. The lowest BCUT2D eigenvalue weighted by Gasteiger charge is -2.29. The molecule has 2 unspecified atom stereocenters. The van der Waals surface area contributed by atoms with Crippen LogP contribution < -0.4 is 14.4 Å². The highest BCUT2D eigenvalue weighted by molar-refractivity contribution is 7.94. The van der Waals surface area contributed by atoms with Gasteiger partial charge in [-0.15, -0.1) is 11.3 Å². The van der Waals surface area contributed by atoms with Crippen molar-refractivity contribution in [3.63, 3.8) is 0 Å². The zero-order valence-corrected chi connectivity index (χ0v) is 19.8. The molecule has 0 spiro atoms. The molecule has 4 rings (SSSR count). The fourth-order valence-electron chi connectivity index (χ4n) is 3.63. The van der Waals surface area contributed by atoms with Crippen molar-refractivity contribution in [1.29, 1.82) is 0 Å². The van der Waals surface area contributed by atoms with E-state index in [1.165, 1.54) is 15.9 Å². The van der Waals surface area contributed by atoms with Crippen molar-refractivity contribution < 1.29 is 13.2 Å². The first-order valence-electron chi connectivity index (χ1n) is 10.2. The molecule has 0 saturated heterocycles. The fraction of sp³-hybridized carbons (Fsp3) is 0.304. The van der Waals surface area contributed by atoms with Gasteiger partial charge >= 0.3 is 0 Å². The summed E-state index contributed by atoms with van der Waals surface area (Å²) in [6.07, 6.45) is 1.85. The number of nitrogens with one attached hydrogen (secondary N) is 1. The number of nitrogens with zero attached hydrogens (tertiary/aromatic N) is 1. The van der Waals surface area contributed by atoms with Gasteiger partial charge in [-0.25, -0.2) is 8.42 Å². The van der Waals surface area contributed by atoms with Crippen LogP contribution in [0.1, 0.15) is 30.5 Å². The number of hydrogen-bond donors (Lipinski definition) is 1. The minimum Gasteiger partial charge on any atom is -0.489 e. The van der Waals surface area contributed by atoms with Gasteiger partial charge in [0.15, 0.2) is 0 Å². The highest BCUT2D eigenvalue weighted by Gasteiger charge is 2.26. The molecule has 8 heteroatoms. The summed E-state index contributed by atoms with van der Waals surface area (Å²) >= 11 is 6.98. The Morgan fingerprint density at radius 2 is 1.97 bits per heavy atom. The van der Waals surface area contributed by atoms with Gasteiger partial charge in [0.2, 0.25) is 0 Å². The maximum Gasteiger partial charge on any atom is 0.273 e. The average molecular weight is 477 g/mol. The Bertz CT molecular complexity index is 1150. The highest BCUT2D eigenvalue weighted by atomic mass is 35.5. The average Bonchev–Trinajstić information content (AvgIpc) is 3.24. The van der Waals surface area contributed by atoms with Gasteiger partial charge in [0.05, 0.1) is 10.0 Å². The molecule has 2 aromatic carbocycles. The molecule has 1 N–H and O–H groups in total. The molecule has 164 valence electrons. The van der Waals surface area contributed by atoms with E-state index in [1.807, 2.05) is 36.4 Å². The predicted molar refractivity (Wildman–Crippen MR) is 127 cm³/mol. The van der Waals surface area contributed by atoms with Crippen LogP contribution in [0.3, 0.4) is 0 Å². The normalized spacial score (nSPS) is 16.9. The summed E-state index contributed by atoms with van der Waals surface area (Å²) in [4.78, 5) is 0. The maximum atomic E-state index is 12.9. The summed E-state index contributed by atoms with van der Waals surface area (Å²) in [6.45, 7) is 2.86.